The number of hydrogen-bond acceptors (Lipinski definition) is 7. The monoisotopic (exact) mass is 523 g/mol. The third-order valence-corrected chi connectivity index (χ3v) is 7.37. The van der Waals surface area contributed by atoms with Crippen molar-refractivity contribution in [2.24, 2.45) is 5.92 Å². The first-order valence-electron chi connectivity index (χ1n) is 13.5. The molecular formula is C30H37NO7. The summed E-state index contributed by atoms with van der Waals surface area (Å²) in [6, 6.07) is 11.1. The number of ether oxygens (including phenoxy) is 5. The number of nitrogens with zero attached hydrogens (tertiary/aromatic N) is 1. The molecule has 2 aliphatic heterocycles. The van der Waals surface area contributed by atoms with E-state index < -0.39 is 23.7 Å². The van der Waals surface area contributed by atoms with Gasteiger partial charge < -0.3 is 23.7 Å². The van der Waals surface area contributed by atoms with Crippen LogP contribution in [0, 0.1) is 5.92 Å². The predicted molar refractivity (Wildman–Crippen MR) is 140 cm³/mol. The number of rotatable bonds is 5. The number of methoxy groups -OCH3 is 1. The van der Waals surface area contributed by atoms with E-state index in [9.17, 15) is 9.59 Å². The number of carbonyl (C=O) groups excluding carboxylic acids is 2. The average Bonchev–Trinajstić information content (AvgIpc) is 3.42. The quantitative estimate of drug-likeness (QED) is 0.472. The van der Waals surface area contributed by atoms with Gasteiger partial charge in [-0.25, -0.2) is 9.59 Å². The van der Waals surface area contributed by atoms with Gasteiger partial charge >= 0.3 is 12.1 Å². The fraction of sp³-hybridized carbons (Fsp3) is 0.533. The Kier molecular flexibility index (Phi) is 7.41. The van der Waals surface area contributed by atoms with Crippen LogP contribution in [0.5, 0.6) is 17.2 Å². The first-order chi connectivity index (χ1) is 18.2. The minimum atomic E-state index is -0.771. The van der Waals surface area contributed by atoms with Crippen molar-refractivity contribution in [1.82, 2.24) is 4.90 Å². The van der Waals surface area contributed by atoms with Crippen molar-refractivity contribution < 1.29 is 33.3 Å². The van der Waals surface area contributed by atoms with Crippen LogP contribution in [0.4, 0.5) is 4.79 Å². The summed E-state index contributed by atoms with van der Waals surface area (Å²) in [6.45, 7) is 6.75. The topological polar surface area (TPSA) is 83.5 Å². The van der Waals surface area contributed by atoms with Crippen LogP contribution in [-0.4, -0.2) is 48.9 Å². The molecule has 1 fully saturated rings. The highest BCUT2D eigenvalue weighted by molar-refractivity contribution is 5.82. The summed E-state index contributed by atoms with van der Waals surface area (Å²) in [7, 11) is 1.32. The van der Waals surface area contributed by atoms with E-state index in [2.05, 4.69) is 0 Å². The predicted octanol–water partition coefficient (Wildman–Crippen LogP) is 5.60. The molecule has 1 saturated carbocycles. The number of amides is 1. The number of benzene rings is 2. The second kappa shape index (κ2) is 10.8. The fourth-order valence-corrected chi connectivity index (χ4v) is 5.34. The summed E-state index contributed by atoms with van der Waals surface area (Å²) in [4.78, 5) is 26.9. The Morgan fingerprint density at radius 1 is 1.03 bits per heavy atom. The highest BCUT2D eigenvalue weighted by Crippen LogP contribution is 2.41. The Labute approximate surface area is 224 Å². The highest BCUT2D eigenvalue weighted by Gasteiger charge is 2.39. The van der Waals surface area contributed by atoms with Crippen LogP contribution in [0.2, 0.25) is 0 Å². The molecule has 0 spiro atoms. The second-order valence-corrected chi connectivity index (χ2v) is 11.4. The summed E-state index contributed by atoms with van der Waals surface area (Å²) in [5, 5.41) is 0. The van der Waals surface area contributed by atoms with Crippen molar-refractivity contribution in [3.63, 3.8) is 0 Å². The van der Waals surface area contributed by atoms with E-state index in [-0.39, 0.29) is 12.6 Å². The van der Waals surface area contributed by atoms with Crippen LogP contribution in [0.1, 0.15) is 69.2 Å². The molecule has 1 unspecified atom stereocenters. The fourth-order valence-electron chi connectivity index (χ4n) is 5.34. The number of carbonyl (C=O) groups is 2. The molecule has 2 atom stereocenters. The van der Waals surface area contributed by atoms with Crippen molar-refractivity contribution in [2.45, 2.75) is 77.2 Å². The number of esters is 1. The van der Waals surface area contributed by atoms with Crippen molar-refractivity contribution in [3.05, 3.63) is 53.1 Å². The van der Waals surface area contributed by atoms with Crippen LogP contribution in [0.15, 0.2) is 36.4 Å². The largest absolute Gasteiger partial charge is 0.493 e. The van der Waals surface area contributed by atoms with Gasteiger partial charge in [-0.05, 0) is 80.5 Å². The van der Waals surface area contributed by atoms with Gasteiger partial charge in [0.2, 0.25) is 0 Å². The number of fused-ring (bicyclic) bond motifs is 2. The van der Waals surface area contributed by atoms with Crippen LogP contribution in [-0.2, 0) is 27.2 Å². The normalized spacial score (nSPS) is 21.0. The zero-order valence-corrected chi connectivity index (χ0v) is 22.7. The first kappa shape index (κ1) is 26.2. The Bertz CT molecular complexity index is 1160. The molecule has 8 heteroatoms. The van der Waals surface area contributed by atoms with Crippen molar-refractivity contribution >= 4 is 12.1 Å². The van der Waals surface area contributed by atoms with Crippen LogP contribution >= 0.6 is 0 Å². The van der Waals surface area contributed by atoms with Gasteiger partial charge in [-0.2, -0.15) is 0 Å². The van der Waals surface area contributed by atoms with Crippen LogP contribution in [0.3, 0.4) is 0 Å². The molecule has 8 nitrogen and oxygen atoms in total. The average molecular weight is 524 g/mol. The van der Waals surface area contributed by atoms with E-state index in [1.807, 2.05) is 36.4 Å². The summed E-state index contributed by atoms with van der Waals surface area (Å²) >= 11 is 0. The number of hydrogen-bond donors (Lipinski definition) is 0. The molecular weight excluding hydrogens is 486 g/mol. The lowest BCUT2D eigenvalue weighted by Gasteiger charge is -2.37. The van der Waals surface area contributed by atoms with Gasteiger partial charge in [-0.1, -0.05) is 25.0 Å². The smallest absolute Gasteiger partial charge is 0.411 e. The van der Waals surface area contributed by atoms with Crippen molar-refractivity contribution in [2.75, 3.05) is 20.3 Å². The van der Waals surface area contributed by atoms with Crippen molar-refractivity contribution in [1.29, 1.82) is 0 Å². The zero-order chi connectivity index (χ0) is 26.9. The molecule has 1 amide bonds. The molecule has 2 heterocycles. The SMILES string of the molecule is COC(=O)C1Cc2cc3c(cc2CN1C(=O)OC(C)(C)C)O[C@@H](c1ccc(OCC2CCCC2)cc1)CO3. The van der Waals surface area contributed by atoms with Gasteiger partial charge in [0.15, 0.2) is 17.6 Å². The van der Waals surface area contributed by atoms with Gasteiger partial charge in [0.1, 0.15) is 24.0 Å². The molecule has 0 saturated heterocycles. The highest BCUT2D eigenvalue weighted by atomic mass is 16.6. The lowest BCUT2D eigenvalue weighted by Crippen LogP contribution is -2.50. The van der Waals surface area contributed by atoms with E-state index in [4.69, 9.17) is 23.7 Å². The molecule has 3 aliphatic rings. The minimum Gasteiger partial charge on any atom is -0.493 e. The molecule has 1 aliphatic carbocycles. The molecule has 0 aromatic heterocycles. The van der Waals surface area contributed by atoms with Crippen molar-refractivity contribution in [3.8, 4) is 17.2 Å². The van der Waals surface area contributed by atoms with E-state index >= 15 is 0 Å². The second-order valence-electron chi connectivity index (χ2n) is 11.4. The Morgan fingerprint density at radius 2 is 1.74 bits per heavy atom. The molecule has 0 N–H and O–H groups in total. The first-order valence-corrected chi connectivity index (χ1v) is 13.5. The van der Waals surface area contributed by atoms with Gasteiger partial charge in [0.05, 0.1) is 20.3 Å². The maximum atomic E-state index is 13.0. The van der Waals surface area contributed by atoms with E-state index in [1.54, 1.807) is 20.8 Å². The van der Waals surface area contributed by atoms with Crippen LogP contribution in [0.25, 0.3) is 0 Å². The van der Waals surface area contributed by atoms with E-state index in [0.29, 0.717) is 30.4 Å². The third-order valence-electron chi connectivity index (χ3n) is 7.37. The maximum absolute atomic E-state index is 13.0. The standard InChI is InChI=1S/C30H37NO7/c1-30(2,3)38-29(33)31-16-22-15-26-25(14-21(22)13-24(31)28(32)34-4)36-18-27(37-26)20-9-11-23(12-10-20)35-17-19-7-5-6-8-19/h9-12,14-15,19,24,27H,5-8,13,16-18H2,1-4H3/t24?,27-/m1/s1. The lowest BCUT2D eigenvalue weighted by molar-refractivity contribution is -0.147. The summed E-state index contributed by atoms with van der Waals surface area (Å²) in [5.74, 6) is 2.30. The molecule has 2 aromatic carbocycles. The van der Waals surface area contributed by atoms with Gasteiger partial charge in [0.25, 0.3) is 0 Å². The van der Waals surface area contributed by atoms with E-state index in [1.165, 1.54) is 37.7 Å². The molecule has 204 valence electrons. The summed E-state index contributed by atoms with van der Waals surface area (Å²) in [5.41, 5.74) is 2.12. The molecule has 0 radical (unpaired) electrons. The summed E-state index contributed by atoms with van der Waals surface area (Å²) in [6.07, 6.45) is 4.62. The summed E-state index contributed by atoms with van der Waals surface area (Å²) < 4.78 is 29.0. The molecule has 0 bridgehead atoms. The zero-order valence-electron chi connectivity index (χ0n) is 22.7. The minimum absolute atomic E-state index is 0.207. The molecule has 2 aromatic rings. The molecule has 38 heavy (non-hydrogen) atoms. The van der Waals surface area contributed by atoms with Gasteiger partial charge in [-0.15, -0.1) is 0 Å². The van der Waals surface area contributed by atoms with Crippen LogP contribution < -0.4 is 14.2 Å². The lowest BCUT2D eigenvalue weighted by atomic mass is 9.93. The maximum Gasteiger partial charge on any atom is 0.411 e. The van der Waals surface area contributed by atoms with Gasteiger partial charge in [-0.3, -0.25) is 4.90 Å². The van der Waals surface area contributed by atoms with E-state index in [0.717, 1.165) is 29.0 Å². The Morgan fingerprint density at radius 3 is 2.42 bits per heavy atom. The third kappa shape index (κ3) is 5.84. The Balaban J connectivity index is 1.30. The Hall–Kier alpha value is -3.42. The van der Waals surface area contributed by atoms with Gasteiger partial charge in [0, 0.05) is 6.42 Å². The molecule has 5 rings (SSSR count).